The van der Waals surface area contributed by atoms with Gasteiger partial charge in [-0.15, -0.1) is 0 Å². The summed E-state index contributed by atoms with van der Waals surface area (Å²) in [5.74, 6) is 0.445. The van der Waals surface area contributed by atoms with Crippen molar-refractivity contribution in [2.75, 3.05) is 29.9 Å². The van der Waals surface area contributed by atoms with Crippen LogP contribution < -0.4 is 20.9 Å². The Morgan fingerprint density at radius 3 is 2.57 bits per heavy atom. The molecule has 0 bridgehead atoms. The van der Waals surface area contributed by atoms with Crippen LogP contribution in [0.3, 0.4) is 0 Å². The minimum atomic E-state index is -0.256. The molecule has 0 aromatic heterocycles. The largest absolute Gasteiger partial charge is 0.371 e. The Hall–Kier alpha value is -3.02. The third-order valence-electron chi connectivity index (χ3n) is 6.05. The molecule has 1 unspecified atom stereocenters. The minimum absolute atomic E-state index is 0.0514. The van der Waals surface area contributed by atoms with Gasteiger partial charge in [-0.2, -0.15) is 0 Å². The van der Waals surface area contributed by atoms with Crippen molar-refractivity contribution in [2.45, 2.75) is 32.7 Å². The van der Waals surface area contributed by atoms with Gasteiger partial charge in [0.25, 0.3) is 0 Å². The maximum atomic E-state index is 12.1. The average molecular weight is 407 g/mol. The Bertz CT molecular complexity index is 888. The van der Waals surface area contributed by atoms with Crippen molar-refractivity contribution in [3.63, 3.8) is 0 Å². The van der Waals surface area contributed by atoms with E-state index in [1.54, 1.807) is 0 Å². The van der Waals surface area contributed by atoms with E-state index < -0.39 is 0 Å². The molecule has 0 radical (unpaired) electrons. The Labute approximate surface area is 178 Å². The van der Waals surface area contributed by atoms with E-state index >= 15 is 0 Å². The molecule has 158 valence electrons. The minimum Gasteiger partial charge on any atom is -0.371 e. The fraction of sp³-hybridized carbons (Fsp3) is 0.417. The van der Waals surface area contributed by atoms with Crippen LogP contribution in [0.4, 0.5) is 17.1 Å². The van der Waals surface area contributed by atoms with Crippen molar-refractivity contribution in [3.8, 4) is 0 Å². The van der Waals surface area contributed by atoms with Crippen molar-refractivity contribution in [3.05, 3.63) is 54.1 Å². The molecular weight excluding hydrogens is 376 g/mol. The first-order chi connectivity index (χ1) is 14.6. The Balaban J connectivity index is 1.31. The highest BCUT2D eigenvalue weighted by Crippen LogP contribution is 2.26. The molecular formula is C24H30N4O2. The predicted octanol–water partition coefficient (Wildman–Crippen LogP) is 3.42. The molecule has 0 aliphatic carbocycles. The standard InChI is InChI=1S/C24H30N4O2/c1-17-9-11-28(12-10-17)22-4-2-3-21(14-22)27-20-7-5-18(6-8-20)15-26-24(30)19-13-23(29)25-16-19/h2-8,14,17,19,27H,9-13,15-16H2,1H3,(H,25,29)(H,26,30). The molecule has 4 rings (SSSR count). The molecule has 2 fully saturated rings. The summed E-state index contributed by atoms with van der Waals surface area (Å²) >= 11 is 0. The summed E-state index contributed by atoms with van der Waals surface area (Å²) < 4.78 is 0. The molecule has 0 spiro atoms. The number of carbonyl (C=O) groups excluding carboxylic acids is 2. The Morgan fingerprint density at radius 1 is 1.10 bits per heavy atom. The van der Waals surface area contributed by atoms with Crippen LogP contribution in [0.25, 0.3) is 0 Å². The summed E-state index contributed by atoms with van der Waals surface area (Å²) in [7, 11) is 0. The van der Waals surface area contributed by atoms with Crippen LogP contribution in [-0.4, -0.2) is 31.4 Å². The summed E-state index contributed by atoms with van der Waals surface area (Å²) in [6.07, 6.45) is 2.79. The molecule has 2 aromatic rings. The maximum Gasteiger partial charge on any atom is 0.225 e. The van der Waals surface area contributed by atoms with Crippen LogP contribution in [0.2, 0.25) is 0 Å². The first-order valence-electron chi connectivity index (χ1n) is 10.8. The van der Waals surface area contributed by atoms with Gasteiger partial charge >= 0.3 is 0 Å². The molecule has 1 atom stereocenters. The van der Waals surface area contributed by atoms with Crippen molar-refractivity contribution in [1.29, 1.82) is 0 Å². The number of hydrogen-bond acceptors (Lipinski definition) is 4. The Kier molecular flexibility index (Phi) is 6.21. The highest BCUT2D eigenvalue weighted by Gasteiger charge is 2.27. The lowest BCUT2D eigenvalue weighted by molar-refractivity contribution is -0.126. The first kappa shape index (κ1) is 20.3. The predicted molar refractivity (Wildman–Crippen MR) is 120 cm³/mol. The average Bonchev–Trinajstić information content (AvgIpc) is 3.20. The van der Waals surface area contributed by atoms with Crippen LogP contribution in [0.5, 0.6) is 0 Å². The number of amides is 2. The summed E-state index contributed by atoms with van der Waals surface area (Å²) in [6, 6.07) is 16.6. The molecule has 0 saturated carbocycles. The van der Waals surface area contributed by atoms with Crippen LogP contribution in [0, 0.1) is 11.8 Å². The fourth-order valence-corrected chi connectivity index (χ4v) is 4.04. The number of benzene rings is 2. The van der Waals surface area contributed by atoms with E-state index in [9.17, 15) is 9.59 Å². The second-order valence-electron chi connectivity index (χ2n) is 8.46. The molecule has 2 amide bonds. The van der Waals surface area contributed by atoms with E-state index in [-0.39, 0.29) is 24.2 Å². The van der Waals surface area contributed by atoms with E-state index in [2.05, 4.69) is 52.0 Å². The number of hydrogen-bond donors (Lipinski definition) is 3. The third kappa shape index (κ3) is 5.12. The summed E-state index contributed by atoms with van der Waals surface area (Å²) in [5.41, 5.74) is 4.39. The van der Waals surface area contributed by atoms with Gasteiger partial charge < -0.3 is 20.9 Å². The monoisotopic (exact) mass is 406 g/mol. The molecule has 2 aliphatic rings. The van der Waals surface area contributed by atoms with Crippen LogP contribution in [-0.2, 0) is 16.1 Å². The van der Waals surface area contributed by atoms with Crippen molar-refractivity contribution in [2.24, 2.45) is 11.8 Å². The number of nitrogens with zero attached hydrogens (tertiary/aromatic N) is 1. The van der Waals surface area contributed by atoms with Gasteiger partial charge in [-0.05, 0) is 54.7 Å². The van der Waals surface area contributed by atoms with Crippen molar-refractivity contribution >= 4 is 28.9 Å². The third-order valence-corrected chi connectivity index (χ3v) is 6.05. The molecule has 2 heterocycles. The second kappa shape index (κ2) is 9.20. The van der Waals surface area contributed by atoms with Crippen LogP contribution in [0.15, 0.2) is 48.5 Å². The summed E-state index contributed by atoms with van der Waals surface area (Å²) in [4.78, 5) is 25.8. The number of nitrogens with one attached hydrogen (secondary N) is 3. The highest BCUT2D eigenvalue weighted by atomic mass is 16.2. The van der Waals surface area contributed by atoms with Crippen LogP contribution in [0.1, 0.15) is 31.7 Å². The van der Waals surface area contributed by atoms with Gasteiger partial charge in [0.05, 0.1) is 5.92 Å². The number of rotatable bonds is 6. The SMILES string of the molecule is CC1CCN(c2cccc(Nc3ccc(CNC(=O)C4CNC(=O)C4)cc3)c2)CC1. The van der Waals surface area contributed by atoms with E-state index in [1.165, 1.54) is 18.5 Å². The molecule has 6 heteroatoms. The van der Waals surface area contributed by atoms with Gasteiger partial charge in [-0.3, -0.25) is 9.59 Å². The molecule has 2 saturated heterocycles. The zero-order chi connectivity index (χ0) is 20.9. The Morgan fingerprint density at radius 2 is 1.87 bits per heavy atom. The van der Waals surface area contributed by atoms with Gasteiger partial charge in [-0.1, -0.05) is 25.1 Å². The zero-order valence-electron chi connectivity index (χ0n) is 17.5. The maximum absolute atomic E-state index is 12.1. The van der Waals surface area contributed by atoms with Crippen LogP contribution >= 0.6 is 0 Å². The molecule has 6 nitrogen and oxygen atoms in total. The fourth-order valence-electron chi connectivity index (χ4n) is 4.04. The number of anilines is 3. The van der Waals surface area contributed by atoms with Crippen molar-refractivity contribution in [1.82, 2.24) is 10.6 Å². The normalized spacial score (nSPS) is 19.4. The highest BCUT2D eigenvalue weighted by molar-refractivity contribution is 5.89. The topological polar surface area (TPSA) is 73.5 Å². The van der Waals surface area contributed by atoms with E-state index in [0.717, 1.165) is 35.9 Å². The van der Waals surface area contributed by atoms with Gasteiger partial charge in [-0.25, -0.2) is 0 Å². The van der Waals surface area contributed by atoms with E-state index in [0.29, 0.717) is 13.1 Å². The smallest absolute Gasteiger partial charge is 0.225 e. The number of piperidine rings is 1. The zero-order valence-corrected chi connectivity index (χ0v) is 17.5. The lowest BCUT2D eigenvalue weighted by Crippen LogP contribution is -2.32. The molecule has 30 heavy (non-hydrogen) atoms. The molecule has 2 aromatic carbocycles. The summed E-state index contributed by atoms with van der Waals surface area (Å²) in [6.45, 7) is 5.47. The molecule has 3 N–H and O–H groups in total. The van der Waals surface area contributed by atoms with Gasteiger partial charge in [0.15, 0.2) is 0 Å². The van der Waals surface area contributed by atoms with Gasteiger partial charge in [0.2, 0.25) is 11.8 Å². The van der Waals surface area contributed by atoms with Gasteiger partial charge in [0.1, 0.15) is 0 Å². The van der Waals surface area contributed by atoms with E-state index in [1.807, 2.05) is 24.3 Å². The lowest BCUT2D eigenvalue weighted by atomic mass is 9.99. The second-order valence-corrected chi connectivity index (χ2v) is 8.46. The molecule has 2 aliphatic heterocycles. The van der Waals surface area contributed by atoms with E-state index in [4.69, 9.17) is 0 Å². The summed E-state index contributed by atoms with van der Waals surface area (Å²) in [5, 5.41) is 9.09. The number of carbonyl (C=O) groups is 2. The quantitative estimate of drug-likeness (QED) is 0.687. The van der Waals surface area contributed by atoms with Gasteiger partial charge in [0, 0.05) is 49.7 Å². The lowest BCUT2D eigenvalue weighted by Gasteiger charge is -2.32. The van der Waals surface area contributed by atoms with Crippen molar-refractivity contribution < 1.29 is 9.59 Å². The first-order valence-corrected chi connectivity index (χ1v) is 10.8.